The Hall–Kier alpha value is -1.42. The summed E-state index contributed by atoms with van der Waals surface area (Å²) in [4.78, 5) is 29.5. The summed E-state index contributed by atoms with van der Waals surface area (Å²) < 4.78 is 16.2. The summed E-state index contributed by atoms with van der Waals surface area (Å²) in [6.45, 7) is 3.67. The molecular formula is C12H13O5P. The lowest BCUT2D eigenvalue weighted by Crippen LogP contribution is -2.02. The van der Waals surface area contributed by atoms with Gasteiger partial charge in [0, 0.05) is 11.5 Å². The zero-order chi connectivity index (χ0) is 13.5. The summed E-state index contributed by atoms with van der Waals surface area (Å²) in [5, 5.41) is 0.579. The summed E-state index contributed by atoms with van der Waals surface area (Å²) in [5.41, 5.74) is 1.83. The van der Waals surface area contributed by atoms with Crippen molar-refractivity contribution in [2.24, 2.45) is 0 Å². The van der Waals surface area contributed by atoms with E-state index in [1.54, 1.807) is 13.0 Å². The van der Waals surface area contributed by atoms with Gasteiger partial charge in [-0.1, -0.05) is 6.07 Å². The number of benzene rings is 1. The predicted molar refractivity (Wildman–Crippen MR) is 67.7 cm³/mol. The van der Waals surface area contributed by atoms with Crippen molar-refractivity contribution in [3.8, 4) is 0 Å². The number of aryl methyl sites for hydroxylation is 2. The van der Waals surface area contributed by atoms with E-state index in [-0.39, 0.29) is 0 Å². The average molecular weight is 268 g/mol. The highest BCUT2D eigenvalue weighted by Crippen LogP contribution is 2.40. The standard InChI is InChI=1S/C12H13O5P/c1-7-3-8(2)12-10(4-7)9(5-11(13)17-12)6-18(14,15)16/h3-5H,6H2,1-2H3,(H2,14,15,16). The summed E-state index contributed by atoms with van der Waals surface area (Å²) in [7, 11) is -4.22. The van der Waals surface area contributed by atoms with Gasteiger partial charge in [0.05, 0.1) is 6.16 Å². The van der Waals surface area contributed by atoms with E-state index in [9.17, 15) is 9.36 Å². The third-order valence-corrected chi connectivity index (χ3v) is 3.39. The Morgan fingerprint density at radius 1 is 1.22 bits per heavy atom. The molecule has 0 spiro atoms. The molecule has 0 aliphatic heterocycles. The Kier molecular flexibility index (Phi) is 3.15. The first kappa shape index (κ1) is 13.0. The number of fused-ring (bicyclic) bond motifs is 1. The Morgan fingerprint density at radius 2 is 1.89 bits per heavy atom. The van der Waals surface area contributed by atoms with Crippen molar-refractivity contribution >= 4 is 18.6 Å². The van der Waals surface area contributed by atoms with Crippen molar-refractivity contribution in [1.82, 2.24) is 0 Å². The zero-order valence-corrected chi connectivity index (χ0v) is 10.9. The average Bonchev–Trinajstić information content (AvgIpc) is 2.17. The van der Waals surface area contributed by atoms with Crippen LogP contribution >= 0.6 is 7.60 Å². The van der Waals surface area contributed by atoms with Crippen molar-refractivity contribution in [2.45, 2.75) is 20.0 Å². The van der Waals surface area contributed by atoms with Gasteiger partial charge in [0.1, 0.15) is 5.58 Å². The van der Waals surface area contributed by atoms with Gasteiger partial charge in [0.15, 0.2) is 0 Å². The van der Waals surface area contributed by atoms with Crippen molar-refractivity contribution < 1.29 is 18.8 Å². The zero-order valence-electron chi connectivity index (χ0n) is 10.0. The highest BCUT2D eigenvalue weighted by molar-refractivity contribution is 7.50. The first-order chi connectivity index (χ1) is 8.26. The van der Waals surface area contributed by atoms with E-state index >= 15 is 0 Å². The van der Waals surface area contributed by atoms with Gasteiger partial charge in [0.2, 0.25) is 0 Å². The molecule has 5 nitrogen and oxygen atoms in total. The van der Waals surface area contributed by atoms with Crippen molar-refractivity contribution in [2.75, 3.05) is 0 Å². The van der Waals surface area contributed by atoms with Crippen LogP contribution in [0.1, 0.15) is 16.7 Å². The van der Waals surface area contributed by atoms with E-state index in [4.69, 9.17) is 14.2 Å². The van der Waals surface area contributed by atoms with Crippen LogP contribution in [0.25, 0.3) is 11.0 Å². The Bertz CT molecular complexity index is 710. The fourth-order valence-electron chi connectivity index (χ4n) is 2.03. The van der Waals surface area contributed by atoms with Gasteiger partial charge in [0.25, 0.3) is 0 Å². The largest absolute Gasteiger partial charge is 0.422 e. The molecule has 2 rings (SSSR count). The van der Waals surface area contributed by atoms with Crippen molar-refractivity contribution in [3.63, 3.8) is 0 Å². The maximum absolute atomic E-state index is 11.4. The van der Waals surface area contributed by atoms with Gasteiger partial charge in [-0.05, 0) is 36.6 Å². The van der Waals surface area contributed by atoms with Crippen LogP contribution < -0.4 is 5.63 Å². The second kappa shape index (κ2) is 4.35. The van der Waals surface area contributed by atoms with E-state index in [2.05, 4.69) is 0 Å². The molecule has 1 heterocycles. The van der Waals surface area contributed by atoms with Gasteiger partial charge in [-0.2, -0.15) is 0 Å². The van der Waals surface area contributed by atoms with Gasteiger partial charge in [-0.3, -0.25) is 4.57 Å². The molecule has 0 atom stereocenters. The molecule has 0 saturated carbocycles. The minimum atomic E-state index is -4.22. The molecule has 0 aliphatic carbocycles. The molecule has 18 heavy (non-hydrogen) atoms. The van der Waals surface area contributed by atoms with Gasteiger partial charge < -0.3 is 14.2 Å². The van der Waals surface area contributed by atoms with Crippen LogP contribution in [0, 0.1) is 13.8 Å². The molecule has 0 fully saturated rings. The molecule has 96 valence electrons. The third-order valence-electron chi connectivity index (χ3n) is 2.64. The lowest BCUT2D eigenvalue weighted by molar-refractivity contribution is 0.372. The molecule has 0 saturated heterocycles. The molecule has 1 aromatic carbocycles. The van der Waals surface area contributed by atoms with E-state index in [1.165, 1.54) is 0 Å². The summed E-state index contributed by atoms with van der Waals surface area (Å²) >= 11 is 0. The molecule has 0 radical (unpaired) electrons. The minimum absolute atomic E-state index is 0.321. The fourth-order valence-corrected chi connectivity index (χ4v) is 2.74. The highest BCUT2D eigenvalue weighted by atomic mass is 31.2. The Labute approximate surface area is 103 Å². The van der Waals surface area contributed by atoms with Crippen LogP contribution in [0.5, 0.6) is 0 Å². The molecular weight excluding hydrogens is 255 g/mol. The fraction of sp³-hybridized carbons (Fsp3) is 0.250. The topological polar surface area (TPSA) is 87.7 Å². The Morgan fingerprint density at radius 3 is 2.50 bits per heavy atom. The van der Waals surface area contributed by atoms with Gasteiger partial charge in [-0.25, -0.2) is 4.79 Å². The van der Waals surface area contributed by atoms with Crippen LogP contribution in [0.2, 0.25) is 0 Å². The SMILES string of the molecule is Cc1cc(C)c2oc(=O)cc(CP(=O)(O)O)c2c1. The molecule has 0 aliphatic rings. The smallest absolute Gasteiger partial charge is 0.336 e. The van der Waals surface area contributed by atoms with E-state index in [0.29, 0.717) is 16.5 Å². The summed E-state index contributed by atoms with van der Waals surface area (Å²) in [6.07, 6.45) is -0.460. The maximum atomic E-state index is 11.4. The Balaban J connectivity index is 2.80. The molecule has 1 aromatic heterocycles. The van der Waals surface area contributed by atoms with Crippen molar-refractivity contribution in [1.29, 1.82) is 0 Å². The summed E-state index contributed by atoms with van der Waals surface area (Å²) in [6, 6.07) is 4.75. The van der Waals surface area contributed by atoms with Crippen LogP contribution in [0.4, 0.5) is 0 Å². The monoisotopic (exact) mass is 268 g/mol. The first-order valence-corrected chi connectivity index (χ1v) is 7.14. The van der Waals surface area contributed by atoms with Gasteiger partial charge >= 0.3 is 13.2 Å². The van der Waals surface area contributed by atoms with Crippen LogP contribution in [-0.2, 0) is 10.7 Å². The number of hydrogen-bond acceptors (Lipinski definition) is 3. The number of hydrogen-bond donors (Lipinski definition) is 2. The molecule has 0 bridgehead atoms. The molecule has 2 aromatic rings. The minimum Gasteiger partial charge on any atom is -0.422 e. The molecule has 6 heteroatoms. The van der Waals surface area contributed by atoms with Crippen LogP contribution in [0.15, 0.2) is 27.4 Å². The van der Waals surface area contributed by atoms with E-state index < -0.39 is 19.4 Å². The second-order valence-corrected chi connectivity index (χ2v) is 6.02. The third kappa shape index (κ3) is 2.70. The summed E-state index contributed by atoms with van der Waals surface area (Å²) in [5.74, 6) is 0. The molecule has 0 unspecified atom stereocenters. The van der Waals surface area contributed by atoms with Gasteiger partial charge in [-0.15, -0.1) is 0 Å². The second-order valence-electron chi connectivity index (χ2n) is 4.37. The molecule has 2 N–H and O–H groups in total. The normalized spacial score (nSPS) is 12.0. The van der Waals surface area contributed by atoms with Crippen molar-refractivity contribution in [3.05, 3.63) is 45.3 Å². The van der Waals surface area contributed by atoms with E-state index in [1.807, 2.05) is 13.0 Å². The predicted octanol–water partition coefficient (Wildman–Crippen LogP) is 2.09. The highest BCUT2D eigenvalue weighted by Gasteiger charge is 2.18. The quantitative estimate of drug-likeness (QED) is 0.643. The van der Waals surface area contributed by atoms with Crippen LogP contribution in [-0.4, -0.2) is 9.79 Å². The lowest BCUT2D eigenvalue weighted by Gasteiger charge is -2.09. The first-order valence-electron chi connectivity index (χ1n) is 5.35. The van der Waals surface area contributed by atoms with E-state index in [0.717, 1.165) is 17.2 Å². The molecule has 0 amide bonds. The number of rotatable bonds is 2. The maximum Gasteiger partial charge on any atom is 0.336 e. The lowest BCUT2D eigenvalue weighted by atomic mass is 10.0. The van der Waals surface area contributed by atoms with Crippen LogP contribution in [0.3, 0.4) is 0 Å².